The van der Waals surface area contributed by atoms with E-state index < -0.39 is 22.6 Å². The lowest BCUT2D eigenvalue weighted by Crippen LogP contribution is -2.28. The molecule has 158 valence electrons. The van der Waals surface area contributed by atoms with Gasteiger partial charge in [-0.15, -0.1) is 0 Å². The summed E-state index contributed by atoms with van der Waals surface area (Å²) < 4.78 is 32.1. The van der Waals surface area contributed by atoms with Gasteiger partial charge in [-0.1, -0.05) is 23.7 Å². The summed E-state index contributed by atoms with van der Waals surface area (Å²) in [5.74, 6) is -1.06. The Morgan fingerprint density at radius 1 is 0.933 bits per heavy atom. The first kappa shape index (κ1) is 21.0. The zero-order valence-corrected chi connectivity index (χ0v) is 18.0. The Balaban J connectivity index is 1.46. The lowest BCUT2D eigenvalue weighted by molar-refractivity contribution is 0.0474. The number of aryl methyl sites for hydroxylation is 2. The van der Waals surface area contributed by atoms with Gasteiger partial charge < -0.3 is 4.74 Å². The summed E-state index contributed by atoms with van der Waals surface area (Å²) in [6.45, 7) is 0.458. The number of hydrogen-bond acceptors (Lipinski definition) is 5. The zero-order valence-electron chi connectivity index (χ0n) is 16.4. The third kappa shape index (κ3) is 4.15. The maximum atomic E-state index is 12.8. The van der Waals surface area contributed by atoms with Gasteiger partial charge in [-0.25, -0.2) is 13.2 Å². The predicted molar refractivity (Wildman–Crippen MR) is 113 cm³/mol. The number of nitrogens with zero attached hydrogens (tertiary/aromatic N) is 1. The first-order valence-electron chi connectivity index (χ1n) is 9.98. The van der Waals surface area contributed by atoms with Crippen molar-refractivity contribution in [2.45, 2.75) is 37.0 Å². The number of Topliss-reactive ketones (excluding diaryl/α,β-unsaturated/α-hetero) is 1. The molecule has 8 heteroatoms. The van der Waals surface area contributed by atoms with Crippen LogP contribution in [0.1, 0.15) is 51.1 Å². The topological polar surface area (TPSA) is 80.8 Å². The highest BCUT2D eigenvalue weighted by molar-refractivity contribution is 7.89. The molecule has 0 aromatic heterocycles. The molecule has 0 unspecified atom stereocenters. The van der Waals surface area contributed by atoms with Crippen LogP contribution in [0, 0.1) is 0 Å². The van der Waals surface area contributed by atoms with Crippen molar-refractivity contribution >= 4 is 33.4 Å². The number of ketones is 1. The summed E-state index contributed by atoms with van der Waals surface area (Å²) in [5.41, 5.74) is 2.98. The first-order chi connectivity index (χ1) is 14.4. The standard InChI is InChI=1S/C22H22ClNO5S/c23-19-9-8-18(13-21(19)30(27,28)24-10-1-2-11-24)22(26)29-14-20(25)17-7-6-15-4-3-5-16(15)12-17/h6-9,12-13H,1-5,10-11,14H2. The minimum Gasteiger partial charge on any atom is -0.454 e. The smallest absolute Gasteiger partial charge is 0.338 e. The van der Waals surface area contributed by atoms with Crippen LogP contribution in [0.2, 0.25) is 5.02 Å². The number of benzene rings is 2. The molecule has 2 aromatic carbocycles. The molecular formula is C22H22ClNO5S. The third-order valence-corrected chi connectivity index (χ3v) is 7.98. The SMILES string of the molecule is O=C(COC(=O)c1ccc(Cl)c(S(=O)(=O)N2CCCC2)c1)c1ccc2c(c1)CCC2. The monoisotopic (exact) mass is 447 g/mol. The van der Waals surface area contributed by atoms with E-state index in [0.29, 0.717) is 18.7 Å². The molecule has 1 saturated heterocycles. The summed E-state index contributed by atoms with van der Waals surface area (Å²) in [7, 11) is -3.78. The maximum absolute atomic E-state index is 12.8. The molecule has 0 spiro atoms. The number of ether oxygens (including phenoxy) is 1. The van der Waals surface area contributed by atoms with Crippen molar-refractivity contribution in [2.75, 3.05) is 19.7 Å². The summed E-state index contributed by atoms with van der Waals surface area (Å²) >= 11 is 6.11. The van der Waals surface area contributed by atoms with Gasteiger partial charge in [0.15, 0.2) is 12.4 Å². The fraction of sp³-hybridized carbons (Fsp3) is 0.364. The van der Waals surface area contributed by atoms with Crippen LogP contribution in [-0.2, 0) is 27.6 Å². The van der Waals surface area contributed by atoms with Crippen LogP contribution in [0.4, 0.5) is 0 Å². The highest BCUT2D eigenvalue weighted by atomic mass is 35.5. The summed E-state index contributed by atoms with van der Waals surface area (Å²) in [5, 5.41) is 0.0488. The number of hydrogen-bond donors (Lipinski definition) is 0. The predicted octanol–water partition coefficient (Wildman–Crippen LogP) is 3.65. The molecule has 1 heterocycles. The summed E-state index contributed by atoms with van der Waals surface area (Å²) in [4.78, 5) is 24.8. The Bertz CT molecular complexity index is 1110. The van der Waals surface area contributed by atoms with E-state index in [1.165, 1.54) is 33.6 Å². The molecule has 0 saturated carbocycles. The minimum absolute atomic E-state index is 0.0407. The molecule has 0 amide bonds. The molecule has 1 aliphatic heterocycles. The maximum Gasteiger partial charge on any atom is 0.338 e. The number of carbonyl (C=O) groups is 2. The van der Waals surface area contributed by atoms with Gasteiger partial charge in [0.2, 0.25) is 10.0 Å². The Kier molecular flexibility index (Phi) is 5.95. The van der Waals surface area contributed by atoms with Gasteiger partial charge in [-0.2, -0.15) is 4.31 Å². The molecule has 6 nitrogen and oxygen atoms in total. The van der Waals surface area contributed by atoms with Crippen LogP contribution in [0.25, 0.3) is 0 Å². The van der Waals surface area contributed by atoms with E-state index in [1.807, 2.05) is 12.1 Å². The molecule has 0 radical (unpaired) electrons. The number of sulfonamides is 1. The third-order valence-electron chi connectivity index (χ3n) is 5.60. The van der Waals surface area contributed by atoms with E-state index in [-0.39, 0.29) is 21.3 Å². The van der Waals surface area contributed by atoms with Gasteiger partial charge in [0.1, 0.15) is 4.90 Å². The Hall–Kier alpha value is -2.22. The Labute approximate surface area is 180 Å². The van der Waals surface area contributed by atoms with E-state index in [4.69, 9.17) is 16.3 Å². The molecule has 1 aliphatic carbocycles. The number of rotatable bonds is 6. The molecule has 0 N–H and O–H groups in total. The number of halogens is 1. The molecule has 30 heavy (non-hydrogen) atoms. The van der Waals surface area contributed by atoms with Crippen molar-refractivity contribution in [3.8, 4) is 0 Å². The fourth-order valence-corrected chi connectivity index (χ4v) is 5.96. The van der Waals surface area contributed by atoms with E-state index in [1.54, 1.807) is 6.07 Å². The van der Waals surface area contributed by atoms with Crippen molar-refractivity contribution in [1.82, 2.24) is 4.31 Å². The lowest BCUT2D eigenvalue weighted by Gasteiger charge is -2.17. The summed E-state index contributed by atoms with van der Waals surface area (Å²) in [6.07, 6.45) is 4.65. The van der Waals surface area contributed by atoms with E-state index >= 15 is 0 Å². The molecule has 4 rings (SSSR count). The molecule has 0 atom stereocenters. The Morgan fingerprint density at radius 2 is 1.63 bits per heavy atom. The molecular weight excluding hydrogens is 426 g/mol. The minimum atomic E-state index is -3.78. The van der Waals surface area contributed by atoms with Crippen molar-refractivity contribution in [3.05, 3.63) is 63.7 Å². The van der Waals surface area contributed by atoms with Crippen molar-refractivity contribution in [3.63, 3.8) is 0 Å². The van der Waals surface area contributed by atoms with E-state index in [2.05, 4.69) is 0 Å². The van der Waals surface area contributed by atoms with Crippen molar-refractivity contribution in [1.29, 1.82) is 0 Å². The van der Waals surface area contributed by atoms with Crippen molar-refractivity contribution in [2.24, 2.45) is 0 Å². The second-order valence-electron chi connectivity index (χ2n) is 7.59. The van der Waals surface area contributed by atoms with Crippen LogP contribution in [0.15, 0.2) is 41.3 Å². The van der Waals surface area contributed by atoms with Gasteiger partial charge in [0.25, 0.3) is 0 Å². The number of esters is 1. The zero-order chi connectivity index (χ0) is 21.3. The molecule has 2 aromatic rings. The van der Waals surface area contributed by atoms with Crippen LogP contribution in [-0.4, -0.2) is 44.2 Å². The van der Waals surface area contributed by atoms with Gasteiger partial charge in [0, 0.05) is 18.7 Å². The van der Waals surface area contributed by atoms with Gasteiger partial charge >= 0.3 is 5.97 Å². The van der Waals surface area contributed by atoms with Crippen molar-refractivity contribution < 1.29 is 22.7 Å². The van der Waals surface area contributed by atoms with Gasteiger partial charge in [-0.3, -0.25) is 4.79 Å². The lowest BCUT2D eigenvalue weighted by atomic mass is 10.0. The number of fused-ring (bicyclic) bond motifs is 1. The second-order valence-corrected chi connectivity index (χ2v) is 9.91. The first-order valence-corrected chi connectivity index (χ1v) is 11.8. The summed E-state index contributed by atoms with van der Waals surface area (Å²) in [6, 6.07) is 9.55. The second kappa shape index (κ2) is 8.49. The van der Waals surface area contributed by atoms with Crippen LogP contribution in [0.3, 0.4) is 0 Å². The van der Waals surface area contributed by atoms with Gasteiger partial charge in [-0.05, 0) is 67.5 Å². The highest BCUT2D eigenvalue weighted by Gasteiger charge is 2.30. The van der Waals surface area contributed by atoms with E-state index in [0.717, 1.165) is 32.1 Å². The molecule has 2 aliphatic rings. The highest BCUT2D eigenvalue weighted by Crippen LogP contribution is 2.28. The molecule has 1 fully saturated rings. The van der Waals surface area contributed by atoms with Crippen LogP contribution >= 0.6 is 11.6 Å². The Morgan fingerprint density at radius 3 is 2.40 bits per heavy atom. The molecule has 0 bridgehead atoms. The quantitative estimate of drug-likeness (QED) is 0.498. The normalized spacial score (nSPS) is 16.4. The van der Waals surface area contributed by atoms with Crippen LogP contribution < -0.4 is 0 Å². The average Bonchev–Trinajstić information content (AvgIpc) is 3.43. The fourth-order valence-electron chi connectivity index (χ4n) is 3.94. The van der Waals surface area contributed by atoms with Crippen LogP contribution in [0.5, 0.6) is 0 Å². The average molecular weight is 448 g/mol. The van der Waals surface area contributed by atoms with Gasteiger partial charge in [0.05, 0.1) is 10.6 Å². The number of carbonyl (C=O) groups excluding carboxylic acids is 2. The largest absolute Gasteiger partial charge is 0.454 e. The van der Waals surface area contributed by atoms with E-state index in [9.17, 15) is 18.0 Å².